The third-order valence-electron chi connectivity index (χ3n) is 6.51. The van der Waals surface area contributed by atoms with Gasteiger partial charge < -0.3 is 20.0 Å². The van der Waals surface area contributed by atoms with Crippen molar-refractivity contribution in [1.29, 1.82) is 0 Å². The Morgan fingerprint density at radius 2 is 2.06 bits per heavy atom. The minimum atomic E-state index is 0.613. The molecule has 0 bridgehead atoms. The molecule has 0 amide bonds. The maximum absolute atomic E-state index is 5.98. The normalized spacial score (nSPS) is 19.7. The number of nitrogens with zero attached hydrogens (tertiary/aromatic N) is 1. The van der Waals surface area contributed by atoms with E-state index in [2.05, 4.69) is 71.6 Å². The number of benzene rings is 1. The number of hydrogen-bond acceptors (Lipinski definition) is 3. The van der Waals surface area contributed by atoms with Crippen LogP contribution in [-0.2, 0) is 11.2 Å². The van der Waals surface area contributed by atoms with Crippen LogP contribution in [0, 0.1) is 13.8 Å². The van der Waals surface area contributed by atoms with E-state index in [-0.39, 0.29) is 0 Å². The van der Waals surface area contributed by atoms with Crippen molar-refractivity contribution in [2.75, 3.05) is 13.2 Å². The number of aromatic nitrogens is 2. The summed E-state index contributed by atoms with van der Waals surface area (Å²) in [4.78, 5) is 12.1. The molecule has 3 N–H and O–H groups in total. The lowest BCUT2D eigenvalue weighted by atomic mass is 9.99. The summed E-state index contributed by atoms with van der Waals surface area (Å²) in [6, 6.07) is 11.4. The first-order valence-electron chi connectivity index (χ1n) is 11.8. The van der Waals surface area contributed by atoms with Gasteiger partial charge in [0.05, 0.1) is 18.0 Å². The number of nitrogens with one attached hydrogen (secondary N) is 3. The molecule has 4 heterocycles. The minimum Gasteiger partial charge on any atom is -0.492 e. The van der Waals surface area contributed by atoms with Crippen molar-refractivity contribution < 1.29 is 4.74 Å². The van der Waals surface area contributed by atoms with E-state index in [4.69, 9.17) is 9.73 Å². The highest BCUT2D eigenvalue weighted by Crippen LogP contribution is 2.31. The fourth-order valence-electron chi connectivity index (χ4n) is 4.95. The number of ether oxygens (including phenoxy) is 1. The molecule has 1 aromatic carbocycles. The largest absolute Gasteiger partial charge is 0.492 e. The van der Waals surface area contributed by atoms with Crippen molar-refractivity contribution in [3.8, 4) is 0 Å². The summed E-state index contributed by atoms with van der Waals surface area (Å²) in [7, 11) is 0. The van der Waals surface area contributed by atoms with E-state index >= 15 is 0 Å². The SMILES string of the molecule is CCOC1=CC(c2[nH]c3ccccc3c2CCC2CCCN2)=NC1=Cc1[nH]c(C)cc1C. The maximum Gasteiger partial charge on any atom is 0.147 e. The molecule has 5 nitrogen and oxygen atoms in total. The molecule has 1 atom stereocenters. The molecule has 1 saturated heterocycles. The number of allylic oxidation sites excluding steroid dienone is 1. The quantitative estimate of drug-likeness (QED) is 0.461. The molecule has 5 rings (SSSR count). The lowest BCUT2D eigenvalue weighted by Crippen LogP contribution is -2.21. The van der Waals surface area contributed by atoms with Crippen LogP contribution in [0.2, 0.25) is 0 Å². The molecule has 0 radical (unpaired) electrons. The second-order valence-corrected chi connectivity index (χ2v) is 8.87. The third-order valence-corrected chi connectivity index (χ3v) is 6.51. The average molecular weight is 429 g/mol. The number of fused-ring (bicyclic) bond motifs is 1. The molecule has 1 fully saturated rings. The predicted octanol–water partition coefficient (Wildman–Crippen LogP) is 5.56. The van der Waals surface area contributed by atoms with Gasteiger partial charge in [-0.05, 0) is 82.3 Å². The predicted molar refractivity (Wildman–Crippen MR) is 132 cm³/mol. The summed E-state index contributed by atoms with van der Waals surface area (Å²) >= 11 is 0. The van der Waals surface area contributed by atoms with Gasteiger partial charge in [0.2, 0.25) is 0 Å². The van der Waals surface area contributed by atoms with E-state index in [0.717, 1.165) is 53.6 Å². The molecular formula is C27H32N4O. The highest BCUT2D eigenvalue weighted by Gasteiger charge is 2.23. The Labute approximate surface area is 189 Å². The summed E-state index contributed by atoms with van der Waals surface area (Å²) < 4.78 is 5.98. The van der Waals surface area contributed by atoms with Crippen LogP contribution in [0.3, 0.4) is 0 Å². The van der Waals surface area contributed by atoms with Gasteiger partial charge in [0.25, 0.3) is 0 Å². The topological polar surface area (TPSA) is 65.2 Å². The Kier molecular flexibility index (Phi) is 5.75. The summed E-state index contributed by atoms with van der Waals surface area (Å²) in [5.41, 5.74) is 8.90. The van der Waals surface area contributed by atoms with Crippen LogP contribution in [0.5, 0.6) is 0 Å². The molecule has 2 aliphatic rings. The highest BCUT2D eigenvalue weighted by molar-refractivity contribution is 6.14. The van der Waals surface area contributed by atoms with Gasteiger partial charge in [0.1, 0.15) is 11.5 Å². The zero-order chi connectivity index (χ0) is 22.1. The molecule has 2 aromatic heterocycles. The Morgan fingerprint density at radius 3 is 2.81 bits per heavy atom. The molecule has 32 heavy (non-hydrogen) atoms. The van der Waals surface area contributed by atoms with Gasteiger partial charge in [-0.25, -0.2) is 4.99 Å². The second-order valence-electron chi connectivity index (χ2n) is 8.87. The van der Waals surface area contributed by atoms with Crippen LogP contribution in [0.25, 0.3) is 17.0 Å². The Bertz CT molecular complexity index is 1220. The van der Waals surface area contributed by atoms with E-state index in [1.54, 1.807) is 0 Å². The van der Waals surface area contributed by atoms with Gasteiger partial charge in [-0.15, -0.1) is 0 Å². The number of aryl methyl sites for hydroxylation is 3. The van der Waals surface area contributed by atoms with Gasteiger partial charge in [0.15, 0.2) is 0 Å². The number of aliphatic imine (C=N–C) groups is 1. The van der Waals surface area contributed by atoms with Crippen LogP contribution in [-0.4, -0.2) is 34.9 Å². The molecule has 0 aliphatic carbocycles. The van der Waals surface area contributed by atoms with Gasteiger partial charge in [-0.3, -0.25) is 0 Å². The second kappa shape index (κ2) is 8.83. The number of rotatable bonds is 7. The lowest BCUT2D eigenvalue weighted by molar-refractivity contribution is 0.239. The zero-order valence-electron chi connectivity index (χ0n) is 19.2. The molecule has 3 aromatic rings. The first-order valence-corrected chi connectivity index (χ1v) is 11.8. The van der Waals surface area contributed by atoms with Crippen molar-refractivity contribution in [3.05, 3.63) is 76.1 Å². The standard InChI is InChI=1S/C27H32N4O/c1-4-32-26-16-25(30-24(26)15-23-17(2)14-18(3)29-23)27-21(12-11-19-8-7-13-28-19)20-9-5-6-10-22(20)31-27/h5-6,9-10,14-16,19,28-29,31H,4,7-8,11-13H2,1-3H3. The minimum absolute atomic E-state index is 0.613. The summed E-state index contributed by atoms with van der Waals surface area (Å²) in [6.45, 7) is 7.97. The lowest BCUT2D eigenvalue weighted by Gasteiger charge is -2.10. The first kappa shape index (κ1) is 20.8. The molecule has 0 saturated carbocycles. The van der Waals surface area contributed by atoms with Crippen LogP contribution in [0.15, 0.2) is 52.9 Å². The van der Waals surface area contributed by atoms with Gasteiger partial charge in [0, 0.05) is 34.4 Å². The van der Waals surface area contributed by atoms with Crippen LogP contribution >= 0.6 is 0 Å². The number of hydrogen-bond donors (Lipinski definition) is 3. The fourth-order valence-corrected chi connectivity index (χ4v) is 4.95. The zero-order valence-corrected chi connectivity index (χ0v) is 19.2. The Hall–Kier alpha value is -3.05. The first-order chi connectivity index (χ1) is 15.6. The molecule has 2 aliphatic heterocycles. The number of H-pyrrole nitrogens is 2. The van der Waals surface area contributed by atoms with E-state index in [0.29, 0.717) is 12.6 Å². The molecule has 5 heteroatoms. The van der Waals surface area contributed by atoms with Crippen molar-refractivity contribution in [2.45, 2.75) is 52.5 Å². The summed E-state index contributed by atoms with van der Waals surface area (Å²) in [5.74, 6) is 0.830. The maximum atomic E-state index is 5.98. The number of para-hydroxylation sites is 1. The Balaban J connectivity index is 1.54. The van der Waals surface area contributed by atoms with Crippen LogP contribution < -0.4 is 5.32 Å². The van der Waals surface area contributed by atoms with Crippen molar-refractivity contribution in [3.63, 3.8) is 0 Å². The van der Waals surface area contributed by atoms with Crippen molar-refractivity contribution in [1.82, 2.24) is 15.3 Å². The van der Waals surface area contributed by atoms with Gasteiger partial charge in [-0.2, -0.15) is 0 Å². The van der Waals surface area contributed by atoms with Gasteiger partial charge in [-0.1, -0.05) is 18.2 Å². The monoisotopic (exact) mass is 428 g/mol. The molecular weight excluding hydrogens is 396 g/mol. The molecule has 1 unspecified atom stereocenters. The van der Waals surface area contributed by atoms with Crippen LogP contribution in [0.4, 0.5) is 0 Å². The van der Waals surface area contributed by atoms with E-state index in [1.165, 1.54) is 34.9 Å². The van der Waals surface area contributed by atoms with E-state index in [9.17, 15) is 0 Å². The van der Waals surface area contributed by atoms with Crippen molar-refractivity contribution >= 4 is 22.7 Å². The van der Waals surface area contributed by atoms with Crippen LogP contribution in [0.1, 0.15) is 54.4 Å². The molecule has 0 spiro atoms. The molecule has 166 valence electrons. The number of aromatic amines is 2. The highest BCUT2D eigenvalue weighted by atomic mass is 16.5. The van der Waals surface area contributed by atoms with Crippen molar-refractivity contribution in [2.24, 2.45) is 4.99 Å². The Morgan fingerprint density at radius 1 is 1.19 bits per heavy atom. The van der Waals surface area contributed by atoms with E-state index < -0.39 is 0 Å². The fraction of sp³-hybridized carbons (Fsp3) is 0.370. The smallest absolute Gasteiger partial charge is 0.147 e. The third kappa shape index (κ3) is 4.05. The van der Waals surface area contributed by atoms with Gasteiger partial charge >= 0.3 is 0 Å². The summed E-state index contributed by atoms with van der Waals surface area (Å²) in [5, 5.41) is 4.93. The van der Waals surface area contributed by atoms with E-state index in [1.807, 2.05) is 6.92 Å². The summed E-state index contributed by atoms with van der Waals surface area (Å²) in [6.07, 6.45) is 8.92. The average Bonchev–Trinajstić information content (AvgIpc) is 3.55.